The minimum atomic E-state index is -0.771. The Labute approximate surface area is 119 Å². The number of aliphatic carboxylic acids is 1. The Balaban J connectivity index is 2.35. The first kappa shape index (κ1) is 16.1. The van der Waals surface area contributed by atoms with Crippen molar-refractivity contribution in [3.8, 4) is 0 Å². The monoisotopic (exact) mass is 278 g/mol. The van der Waals surface area contributed by atoms with Crippen molar-refractivity contribution in [2.45, 2.75) is 46.1 Å². The highest BCUT2D eigenvalue weighted by Crippen LogP contribution is 2.10. The van der Waals surface area contributed by atoms with Crippen molar-refractivity contribution in [2.24, 2.45) is 5.92 Å². The summed E-state index contributed by atoms with van der Waals surface area (Å²) in [7, 11) is 0. The Morgan fingerprint density at radius 2 is 2.00 bits per heavy atom. The van der Waals surface area contributed by atoms with Crippen LogP contribution in [0.15, 0.2) is 18.3 Å². The summed E-state index contributed by atoms with van der Waals surface area (Å²) >= 11 is 0. The highest BCUT2D eigenvalue weighted by atomic mass is 16.4. The lowest BCUT2D eigenvalue weighted by Crippen LogP contribution is -2.32. The van der Waals surface area contributed by atoms with Crippen molar-refractivity contribution in [3.05, 3.63) is 29.6 Å². The second kappa shape index (κ2) is 7.62. The average molecular weight is 278 g/mol. The van der Waals surface area contributed by atoms with E-state index in [-0.39, 0.29) is 17.9 Å². The van der Waals surface area contributed by atoms with Gasteiger partial charge in [-0.2, -0.15) is 0 Å². The van der Waals surface area contributed by atoms with Gasteiger partial charge in [0.05, 0.1) is 11.5 Å². The molecule has 2 N–H and O–H groups in total. The van der Waals surface area contributed by atoms with Crippen LogP contribution < -0.4 is 5.32 Å². The van der Waals surface area contributed by atoms with Crippen molar-refractivity contribution >= 4 is 11.9 Å². The summed E-state index contributed by atoms with van der Waals surface area (Å²) in [6, 6.07) is 3.56. The first-order valence-electron chi connectivity index (χ1n) is 6.86. The Kier molecular flexibility index (Phi) is 6.15. The molecule has 0 bridgehead atoms. The molecular formula is C15H22N2O3. The van der Waals surface area contributed by atoms with Gasteiger partial charge in [0.25, 0.3) is 5.91 Å². The molecule has 1 rings (SSSR count). The molecule has 0 aliphatic carbocycles. The van der Waals surface area contributed by atoms with E-state index in [1.807, 2.05) is 13.8 Å². The number of carboxylic acids is 1. The molecule has 2 atom stereocenters. The van der Waals surface area contributed by atoms with Gasteiger partial charge in [-0.1, -0.05) is 13.3 Å². The summed E-state index contributed by atoms with van der Waals surface area (Å²) in [5.41, 5.74) is 1.42. The molecule has 5 heteroatoms. The SMILES string of the molecule is Cc1ccc(C(=O)NC(C)CCCC(C)C(=O)O)cn1. The summed E-state index contributed by atoms with van der Waals surface area (Å²) in [5.74, 6) is -1.25. The van der Waals surface area contributed by atoms with Crippen LogP contribution in [0.4, 0.5) is 0 Å². The van der Waals surface area contributed by atoms with Crippen LogP contribution in [-0.2, 0) is 4.79 Å². The number of carboxylic acid groups (broad SMARTS) is 1. The van der Waals surface area contributed by atoms with E-state index in [4.69, 9.17) is 5.11 Å². The van der Waals surface area contributed by atoms with Crippen molar-refractivity contribution < 1.29 is 14.7 Å². The Morgan fingerprint density at radius 3 is 2.55 bits per heavy atom. The van der Waals surface area contributed by atoms with Gasteiger partial charge in [0.2, 0.25) is 0 Å². The second-order valence-corrected chi connectivity index (χ2v) is 5.23. The Bertz CT molecular complexity index is 457. The lowest BCUT2D eigenvalue weighted by Gasteiger charge is -2.14. The maximum absolute atomic E-state index is 11.9. The fourth-order valence-electron chi connectivity index (χ4n) is 1.84. The van der Waals surface area contributed by atoms with E-state index >= 15 is 0 Å². The van der Waals surface area contributed by atoms with E-state index < -0.39 is 5.97 Å². The van der Waals surface area contributed by atoms with E-state index in [1.54, 1.807) is 25.3 Å². The number of aryl methyl sites for hydroxylation is 1. The lowest BCUT2D eigenvalue weighted by molar-refractivity contribution is -0.141. The summed E-state index contributed by atoms with van der Waals surface area (Å²) in [6.07, 6.45) is 3.73. The molecule has 0 aromatic carbocycles. The van der Waals surface area contributed by atoms with Crippen molar-refractivity contribution in [1.29, 1.82) is 0 Å². The molecule has 110 valence electrons. The highest BCUT2D eigenvalue weighted by molar-refractivity contribution is 5.94. The molecule has 0 aliphatic rings. The molecule has 1 aromatic rings. The first-order valence-corrected chi connectivity index (χ1v) is 6.86. The average Bonchev–Trinajstić information content (AvgIpc) is 2.39. The Morgan fingerprint density at radius 1 is 1.30 bits per heavy atom. The topological polar surface area (TPSA) is 79.3 Å². The van der Waals surface area contributed by atoms with Crippen LogP contribution in [0.3, 0.4) is 0 Å². The second-order valence-electron chi connectivity index (χ2n) is 5.23. The fraction of sp³-hybridized carbons (Fsp3) is 0.533. The zero-order valence-electron chi connectivity index (χ0n) is 12.2. The van der Waals surface area contributed by atoms with E-state index in [2.05, 4.69) is 10.3 Å². The molecule has 20 heavy (non-hydrogen) atoms. The van der Waals surface area contributed by atoms with Crippen LogP contribution in [0.25, 0.3) is 0 Å². The zero-order valence-corrected chi connectivity index (χ0v) is 12.2. The third kappa shape index (κ3) is 5.38. The van der Waals surface area contributed by atoms with Gasteiger partial charge in [0.15, 0.2) is 0 Å². The van der Waals surface area contributed by atoms with E-state index in [9.17, 15) is 9.59 Å². The van der Waals surface area contributed by atoms with Crippen molar-refractivity contribution in [3.63, 3.8) is 0 Å². The zero-order chi connectivity index (χ0) is 15.1. The highest BCUT2D eigenvalue weighted by Gasteiger charge is 2.13. The summed E-state index contributed by atoms with van der Waals surface area (Å²) in [6.45, 7) is 5.49. The lowest BCUT2D eigenvalue weighted by atomic mass is 10.0. The summed E-state index contributed by atoms with van der Waals surface area (Å²) in [4.78, 5) is 26.7. The predicted octanol–water partition coefficient (Wildman–Crippen LogP) is 2.40. The number of pyridine rings is 1. The fourth-order valence-corrected chi connectivity index (χ4v) is 1.84. The molecule has 0 spiro atoms. The van der Waals surface area contributed by atoms with Crippen LogP contribution in [0.2, 0.25) is 0 Å². The maximum Gasteiger partial charge on any atom is 0.306 e. The van der Waals surface area contributed by atoms with Gasteiger partial charge in [0.1, 0.15) is 0 Å². The van der Waals surface area contributed by atoms with E-state index in [1.165, 1.54) is 0 Å². The van der Waals surface area contributed by atoms with Gasteiger partial charge in [0, 0.05) is 17.9 Å². The molecule has 1 amide bonds. The van der Waals surface area contributed by atoms with Gasteiger partial charge in [-0.25, -0.2) is 0 Å². The molecule has 0 saturated carbocycles. The minimum Gasteiger partial charge on any atom is -0.481 e. The van der Waals surface area contributed by atoms with Crippen LogP contribution in [0.1, 0.15) is 49.2 Å². The summed E-state index contributed by atoms with van der Waals surface area (Å²) < 4.78 is 0. The quantitative estimate of drug-likeness (QED) is 0.802. The molecule has 5 nitrogen and oxygen atoms in total. The number of nitrogens with one attached hydrogen (secondary N) is 1. The third-order valence-corrected chi connectivity index (χ3v) is 3.25. The third-order valence-electron chi connectivity index (χ3n) is 3.25. The largest absolute Gasteiger partial charge is 0.481 e. The van der Waals surface area contributed by atoms with Gasteiger partial charge in [-0.05, 0) is 38.8 Å². The first-order chi connectivity index (χ1) is 9.40. The molecular weight excluding hydrogens is 256 g/mol. The van der Waals surface area contributed by atoms with E-state index in [0.717, 1.165) is 18.5 Å². The summed E-state index contributed by atoms with van der Waals surface area (Å²) in [5, 5.41) is 11.7. The maximum atomic E-state index is 11.9. The number of carbonyl (C=O) groups excluding carboxylic acids is 1. The molecule has 0 saturated heterocycles. The Hall–Kier alpha value is -1.91. The van der Waals surface area contributed by atoms with Gasteiger partial charge < -0.3 is 10.4 Å². The molecule has 2 unspecified atom stereocenters. The number of nitrogens with zero attached hydrogens (tertiary/aromatic N) is 1. The molecule has 1 aromatic heterocycles. The molecule has 1 heterocycles. The van der Waals surface area contributed by atoms with Crippen molar-refractivity contribution in [1.82, 2.24) is 10.3 Å². The normalized spacial score (nSPS) is 13.6. The number of amides is 1. The van der Waals surface area contributed by atoms with Crippen LogP contribution >= 0.6 is 0 Å². The van der Waals surface area contributed by atoms with Crippen LogP contribution in [0, 0.1) is 12.8 Å². The van der Waals surface area contributed by atoms with Gasteiger partial charge >= 0.3 is 5.97 Å². The van der Waals surface area contributed by atoms with E-state index in [0.29, 0.717) is 12.0 Å². The smallest absolute Gasteiger partial charge is 0.306 e. The van der Waals surface area contributed by atoms with Crippen LogP contribution in [-0.4, -0.2) is 28.0 Å². The van der Waals surface area contributed by atoms with Crippen molar-refractivity contribution in [2.75, 3.05) is 0 Å². The van der Waals surface area contributed by atoms with Gasteiger partial charge in [-0.15, -0.1) is 0 Å². The van der Waals surface area contributed by atoms with Crippen LogP contribution in [0.5, 0.6) is 0 Å². The number of rotatable bonds is 7. The van der Waals surface area contributed by atoms with Gasteiger partial charge in [-0.3, -0.25) is 14.6 Å². The molecule has 0 aliphatic heterocycles. The number of hydrogen-bond acceptors (Lipinski definition) is 3. The molecule has 0 radical (unpaired) electrons. The standard InChI is InChI=1S/C15H22N2O3/c1-10(15(19)20)5-4-6-12(3)17-14(18)13-8-7-11(2)16-9-13/h7-10,12H,4-6H2,1-3H3,(H,17,18)(H,19,20). The number of carbonyl (C=O) groups is 2. The molecule has 0 fully saturated rings. The predicted molar refractivity (Wildman–Crippen MR) is 76.6 cm³/mol. The number of aromatic nitrogens is 1. The minimum absolute atomic E-state index is 0.0183. The number of hydrogen-bond donors (Lipinski definition) is 2.